The van der Waals surface area contributed by atoms with E-state index in [2.05, 4.69) is 4.98 Å². The summed E-state index contributed by atoms with van der Waals surface area (Å²) in [4.78, 5) is 42.1. The Labute approximate surface area is 196 Å². The van der Waals surface area contributed by atoms with E-state index in [1.54, 1.807) is 29.6 Å². The smallest absolute Gasteiger partial charge is 0.312 e. The Bertz CT molecular complexity index is 1100. The third-order valence-corrected chi connectivity index (χ3v) is 5.53. The molecule has 2 N–H and O–H groups in total. The number of benzene rings is 2. The average molecular weight is 468 g/mol. The minimum Gasteiger partial charge on any atom is -0.493 e. The zero-order valence-corrected chi connectivity index (χ0v) is 19.0. The Hall–Kier alpha value is -3.72. The average Bonchev–Trinajstić information content (AvgIpc) is 3.27. The molecule has 9 heteroatoms. The fourth-order valence-corrected chi connectivity index (χ4v) is 3.93. The first kappa shape index (κ1) is 23.9. The summed E-state index contributed by atoms with van der Waals surface area (Å²) in [5.74, 6) is -0.807. The molecule has 33 heavy (non-hydrogen) atoms. The molecular formula is C24H25N3O5S. The van der Waals surface area contributed by atoms with Gasteiger partial charge < -0.3 is 20.1 Å². The summed E-state index contributed by atoms with van der Waals surface area (Å²) < 4.78 is 10.8. The topological polar surface area (TPSA) is 112 Å². The van der Waals surface area contributed by atoms with Gasteiger partial charge in [0.15, 0.2) is 6.61 Å². The van der Waals surface area contributed by atoms with Gasteiger partial charge in [-0.05, 0) is 31.2 Å². The number of amides is 2. The van der Waals surface area contributed by atoms with Gasteiger partial charge in [-0.25, -0.2) is 4.98 Å². The maximum absolute atomic E-state index is 12.7. The predicted octanol–water partition coefficient (Wildman–Crippen LogP) is 3.20. The molecule has 0 saturated heterocycles. The molecule has 2 amide bonds. The third kappa shape index (κ3) is 6.88. The molecule has 0 unspecified atom stereocenters. The lowest BCUT2D eigenvalue weighted by Gasteiger charge is -2.22. The van der Waals surface area contributed by atoms with Crippen LogP contribution in [0, 0.1) is 0 Å². The van der Waals surface area contributed by atoms with Crippen molar-refractivity contribution >= 4 is 34.8 Å². The summed E-state index contributed by atoms with van der Waals surface area (Å²) in [6.07, 6.45) is -0.0629. The van der Waals surface area contributed by atoms with Crippen molar-refractivity contribution < 1.29 is 23.9 Å². The summed E-state index contributed by atoms with van der Waals surface area (Å²) in [6, 6.07) is 16.4. The zero-order valence-electron chi connectivity index (χ0n) is 18.2. The summed E-state index contributed by atoms with van der Waals surface area (Å²) in [6.45, 7) is 2.10. The number of esters is 1. The fraction of sp³-hybridized carbons (Fsp3) is 0.250. The van der Waals surface area contributed by atoms with Crippen molar-refractivity contribution in [1.29, 1.82) is 0 Å². The molecule has 0 aliphatic heterocycles. The molecule has 2 aromatic carbocycles. The molecule has 172 valence electrons. The summed E-state index contributed by atoms with van der Waals surface area (Å²) >= 11 is 1.40. The molecule has 1 heterocycles. The molecule has 8 nitrogen and oxygen atoms in total. The number of thiazole rings is 1. The second-order valence-electron chi connectivity index (χ2n) is 7.01. The van der Waals surface area contributed by atoms with Crippen molar-refractivity contribution in [1.82, 2.24) is 4.98 Å². The monoisotopic (exact) mass is 467 g/mol. The normalized spacial score (nSPS) is 10.5. The van der Waals surface area contributed by atoms with Gasteiger partial charge in [0.1, 0.15) is 10.8 Å². The Morgan fingerprint density at radius 1 is 1.06 bits per heavy atom. The lowest BCUT2D eigenvalue weighted by atomic mass is 10.2. The summed E-state index contributed by atoms with van der Waals surface area (Å²) in [7, 11) is 0. The van der Waals surface area contributed by atoms with Gasteiger partial charge in [-0.15, -0.1) is 11.3 Å². The van der Waals surface area contributed by atoms with Gasteiger partial charge in [0, 0.05) is 24.0 Å². The van der Waals surface area contributed by atoms with E-state index < -0.39 is 24.4 Å². The van der Waals surface area contributed by atoms with Crippen LogP contribution in [-0.4, -0.2) is 42.5 Å². The number of nitrogens with zero attached hydrogens (tertiary/aromatic N) is 2. The number of para-hydroxylation sites is 2. The first-order valence-corrected chi connectivity index (χ1v) is 11.3. The summed E-state index contributed by atoms with van der Waals surface area (Å²) in [5, 5.41) is 2.52. The number of hydrogen-bond acceptors (Lipinski definition) is 7. The second-order valence-corrected chi connectivity index (χ2v) is 7.87. The predicted molar refractivity (Wildman–Crippen MR) is 126 cm³/mol. The summed E-state index contributed by atoms with van der Waals surface area (Å²) in [5.41, 5.74) is 7.22. The Morgan fingerprint density at radius 2 is 1.79 bits per heavy atom. The number of hydrogen-bond donors (Lipinski definition) is 1. The standard InChI is InChI=1S/C24H25N3O5S/c1-2-31-20-11-7-6-10-19(20)24-26-17(16-33-24)14-23(30)32-15-22(29)27(13-12-21(25)28)18-8-4-3-5-9-18/h3-11,16H,2,12-15H2,1H3,(H2,25,28). The highest BCUT2D eigenvalue weighted by Crippen LogP contribution is 2.32. The van der Waals surface area contributed by atoms with Crippen molar-refractivity contribution in [2.45, 2.75) is 19.8 Å². The minimum absolute atomic E-state index is 0.000594. The van der Waals surface area contributed by atoms with Crippen LogP contribution < -0.4 is 15.4 Å². The van der Waals surface area contributed by atoms with E-state index in [0.717, 1.165) is 16.3 Å². The molecule has 3 aromatic rings. The Balaban J connectivity index is 1.59. The lowest BCUT2D eigenvalue weighted by Crippen LogP contribution is -2.37. The highest BCUT2D eigenvalue weighted by Gasteiger charge is 2.19. The number of nitrogens with two attached hydrogens (primary N) is 1. The van der Waals surface area contributed by atoms with Crippen LogP contribution in [0.3, 0.4) is 0 Å². The quantitative estimate of drug-likeness (QED) is 0.434. The zero-order chi connectivity index (χ0) is 23.6. The third-order valence-electron chi connectivity index (χ3n) is 4.60. The van der Waals surface area contributed by atoms with Crippen molar-refractivity contribution in [3.05, 3.63) is 65.7 Å². The number of aromatic nitrogens is 1. The number of carbonyl (C=O) groups excluding carboxylic acids is 3. The van der Waals surface area contributed by atoms with E-state index in [4.69, 9.17) is 15.2 Å². The maximum atomic E-state index is 12.7. The number of anilines is 1. The van der Waals surface area contributed by atoms with Gasteiger partial charge in [0.05, 0.1) is 24.3 Å². The van der Waals surface area contributed by atoms with E-state index in [-0.39, 0.29) is 19.4 Å². The van der Waals surface area contributed by atoms with Gasteiger partial charge >= 0.3 is 5.97 Å². The van der Waals surface area contributed by atoms with E-state index >= 15 is 0 Å². The van der Waals surface area contributed by atoms with Gasteiger partial charge in [-0.1, -0.05) is 30.3 Å². The van der Waals surface area contributed by atoms with Gasteiger partial charge in [-0.2, -0.15) is 0 Å². The van der Waals surface area contributed by atoms with Crippen LogP contribution in [0.4, 0.5) is 5.69 Å². The molecule has 0 aliphatic carbocycles. The first-order valence-electron chi connectivity index (χ1n) is 10.4. The molecule has 1 aromatic heterocycles. The number of primary amides is 1. The number of ether oxygens (including phenoxy) is 2. The second kappa shape index (κ2) is 11.8. The Kier molecular flexibility index (Phi) is 8.54. The van der Waals surface area contributed by atoms with Crippen molar-refractivity contribution in [3.63, 3.8) is 0 Å². The van der Waals surface area contributed by atoms with Crippen LogP contribution in [0.1, 0.15) is 19.0 Å². The van der Waals surface area contributed by atoms with Gasteiger partial charge in [0.25, 0.3) is 5.91 Å². The molecule has 0 radical (unpaired) electrons. The first-order chi connectivity index (χ1) is 16.0. The van der Waals surface area contributed by atoms with Crippen LogP contribution in [0.15, 0.2) is 60.0 Å². The van der Waals surface area contributed by atoms with E-state index in [1.165, 1.54) is 16.2 Å². The lowest BCUT2D eigenvalue weighted by molar-refractivity contribution is -0.147. The van der Waals surface area contributed by atoms with Gasteiger partial charge in [0.2, 0.25) is 5.91 Å². The van der Waals surface area contributed by atoms with Crippen LogP contribution in [-0.2, 0) is 25.5 Å². The molecule has 0 spiro atoms. The molecule has 3 rings (SSSR count). The molecule has 0 saturated carbocycles. The van der Waals surface area contributed by atoms with Crippen molar-refractivity contribution in [2.75, 3.05) is 24.7 Å². The Morgan fingerprint density at radius 3 is 2.52 bits per heavy atom. The highest BCUT2D eigenvalue weighted by molar-refractivity contribution is 7.13. The molecule has 0 atom stereocenters. The maximum Gasteiger partial charge on any atom is 0.312 e. The highest BCUT2D eigenvalue weighted by atomic mass is 32.1. The number of carbonyl (C=O) groups is 3. The molecule has 0 fully saturated rings. The van der Waals surface area contributed by atoms with E-state index in [1.807, 2.05) is 37.3 Å². The molecule has 0 bridgehead atoms. The minimum atomic E-state index is -0.568. The van der Waals surface area contributed by atoms with Crippen LogP contribution >= 0.6 is 11.3 Å². The fourth-order valence-electron chi connectivity index (χ4n) is 3.08. The van der Waals surface area contributed by atoms with Crippen LogP contribution in [0.5, 0.6) is 5.75 Å². The van der Waals surface area contributed by atoms with Crippen molar-refractivity contribution in [2.24, 2.45) is 5.73 Å². The molecular weight excluding hydrogens is 442 g/mol. The van der Waals surface area contributed by atoms with E-state index in [9.17, 15) is 14.4 Å². The SMILES string of the molecule is CCOc1ccccc1-c1nc(CC(=O)OCC(=O)N(CCC(N)=O)c2ccccc2)cs1. The molecule has 0 aliphatic rings. The van der Waals surface area contributed by atoms with Crippen LogP contribution in [0.2, 0.25) is 0 Å². The van der Waals surface area contributed by atoms with Crippen molar-refractivity contribution in [3.8, 4) is 16.3 Å². The van der Waals surface area contributed by atoms with Crippen LogP contribution in [0.25, 0.3) is 10.6 Å². The number of rotatable bonds is 11. The van der Waals surface area contributed by atoms with Gasteiger partial charge in [-0.3, -0.25) is 14.4 Å². The van der Waals surface area contributed by atoms with E-state index in [0.29, 0.717) is 18.0 Å². The largest absolute Gasteiger partial charge is 0.493 e.